The lowest BCUT2D eigenvalue weighted by Crippen LogP contribution is -2.47. The molecule has 0 aliphatic heterocycles. The first-order valence-corrected chi connectivity index (χ1v) is 6.72. The van der Waals surface area contributed by atoms with Crippen LogP contribution in [-0.2, 0) is 4.79 Å². The van der Waals surface area contributed by atoms with Crippen LogP contribution < -0.4 is 15.4 Å². The Labute approximate surface area is 135 Å². The van der Waals surface area contributed by atoms with Crippen LogP contribution in [0.15, 0.2) is 18.2 Å². The largest absolute Gasteiger partial charge is 0.484 e. The lowest BCUT2D eigenvalue weighted by molar-refractivity contribution is -0.155. The number of nitrogens with one attached hydrogen (secondary N) is 2. The first kappa shape index (κ1) is 19.6. The van der Waals surface area contributed by atoms with Crippen molar-refractivity contribution < 1.29 is 37.7 Å². The Hall–Kier alpha value is -2.49. The van der Waals surface area contributed by atoms with Crippen molar-refractivity contribution in [3.63, 3.8) is 0 Å². The Morgan fingerprint density at radius 1 is 1.29 bits per heavy atom. The van der Waals surface area contributed by atoms with Crippen molar-refractivity contribution in [2.75, 3.05) is 18.5 Å². The number of hydrogen-bond acceptors (Lipinski definition) is 4. The van der Waals surface area contributed by atoms with E-state index >= 15 is 0 Å². The number of amides is 2. The highest BCUT2D eigenvalue weighted by atomic mass is 19.4. The maximum absolute atomic E-state index is 12.2. The Morgan fingerprint density at radius 3 is 2.46 bits per heavy atom. The van der Waals surface area contributed by atoms with Gasteiger partial charge in [0.1, 0.15) is 5.75 Å². The number of urea groups is 1. The number of benzene rings is 1. The van der Waals surface area contributed by atoms with Crippen molar-refractivity contribution in [1.82, 2.24) is 5.32 Å². The predicted octanol–water partition coefficient (Wildman–Crippen LogP) is 1.89. The molecule has 0 radical (unpaired) electrons. The van der Waals surface area contributed by atoms with Crippen LogP contribution in [-0.4, -0.2) is 47.1 Å². The van der Waals surface area contributed by atoms with E-state index in [9.17, 15) is 27.9 Å². The molecule has 24 heavy (non-hydrogen) atoms. The van der Waals surface area contributed by atoms with Crippen LogP contribution in [0.3, 0.4) is 0 Å². The second-order valence-electron chi connectivity index (χ2n) is 5.22. The fraction of sp³-hybridized carbons (Fsp3) is 0.429. The molecule has 0 bridgehead atoms. The second kappa shape index (κ2) is 7.39. The second-order valence-corrected chi connectivity index (χ2v) is 5.22. The molecule has 1 rings (SSSR count). The average Bonchev–Trinajstić information content (AvgIpc) is 2.45. The highest BCUT2D eigenvalue weighted by Crippen LogP contribution is 2.27. The SMILES string of the molecule is Cc1c(NC(=O)NCC(C)(O)C(=O)O)cccc1OCC(F)(F)F. The van der Waals surface area contributed by atoms with Crippen LogP contribution >= 0.6 is 0 Å². The summed E-state index contributed by atoms with van der Waals surface area (Å²) in [6, 6.07) is 3.32. The number of alkyl halides is 3. The quantitative estimate of drug-likeness (QED) is 0.627. The zero-order valence-corrected chi connectivity index (χ0v) is 12.9. The molecular weight excluding hydrogens is 333 g/mol. The number of carboxylic acid groups (broad SMARTS) is 1. The first-order chi connectivity index (χ1) is 10.9. The van der Waals surface area contributed by atoms with Crippen molar-refractivity contribution in [1.29, 1.82) is 0 Å². The lowest BCUT2D eigenvalue weighted by atomic mass is 10.1. The normalized spacial score (nSPS) is 13.8. The monoisotopic (exact) mass is 350 g/mol. The zero-order chi connectivity index (χ0) is 18.5. The van der Waals surface area contributed by atoms with E-state index in [1.807, 2.05) is 0 Å². The molecule has 134 valence electrons. The number of hydrogen-bond donors (Lipinski definition) is 4. The summed E-state index contributed by atoms with van der Waals surface area (Å²) in [5, 5.41) is 22.7. The zero-order valence-electron chi connectivity index (χ0n) is 12.9. The first-order valence-electron chi connectivity index (χ1n) is 6.72. The predicted molar refractivity (Wildman–Crippen MR) is 78.0 cm³/mol. The summed E-state index contributed by atoms with van der Waals surface area (Å²) >= 11 is 0. The number of carbonyl (C=O) groups is 2. The summed E-state index contributed by atoms with van der Waals surface area (Å²) < 4.78 is 41.2. The summed E-state index contributed by atoms with van der Waals surface area (Å²) in [6.07, 6.45) is -4.49. The van der Waals surface area contributed by atoms with E-state index in [1.165, 1.54) is 25.1 Å². The molecule has 0 aliphatic carbocycles. The Kier molecular flexibility index (Phi) is 6.02. The minimum absolute atomic E-state index is 0.0531. The van der Waals surface area contributed by atoms with Crippen molar-refractivity contribution >= 4 is 17.7 Å². The van der Waals surface area contributed by atoms with Gasteiger partial charge in [0.2, 0.25) is 0 Å². The maximum atomic E-state index is 12.2. The Bertz CT molecular complexity index is 617. The Balaban J connectivity index is 2.71. The van der Waals surface area contributed by atoms with Gasteiger partial charge in [-0.3, -0.25) is 0 Å². The van der Waals surface area contributed by atoms with Crippen molar-refractivity contribution in [3.8, 4) is 5.75 Å². The molecule has 0 saturated heterocycles. The third-order valence-electron chi connectivity index (χ3n) is 2.98. The number of rotatable bonds is 6. The smallest absolute Gasteiger partial charge is 0.422 e. The number of halogens is 3. The molecule has 10 heteroatoms. The van der Waals surface area contributed by atoms with Gasteiger partial charge < -0.3 is 25.6 Å². The molecule has 0 saturated carbocycles. The van der Waals surface area contributed by atoms with Crippen LogP contribution in [0.4, 0.5) is 23.7 Å². The van der Waals surface area contributed by atoms with Crippen LogP contribution in [0.25, 0.3) is 0 Å². The molecule has 0 heterocycles. The summed E-state index contributed by atoms with van der Waals surface area (Å²) in [5.74, 6) is -1.57. The molecule has 2 amide bonds. The van der Waals surface area contributed by atoms with Gasteiger partial charge in [0, 0.05) is 11.3 Å². The molecule has 1 aromatic rings. The van der Waals surface area contributed by atoms with Gasteiger partial charge >= 0.3 is 18.2 Å². The summed E-state index contributed by atoms with van der Waals surface area (Å²) in [5.41, 5.74) is -1.70. The lowest BCUT2D eigenvalue weighted by Gasteiger charge is -2.19. The number of aliphatic carboxylic acids is 1. The average molecular weight is 350 g/mol. The number of aliphatic hydroxyl groups is 1. The van der Waals surface area contributed by atoms with Gasteiger partial charge in [0.25, 0.3) is 0 Å². The van der Waals surface area contributed by atoms with E-state index in [0.29, 0.717) is 0 Å². The molecule has 1 atom stereocenters. The molecular formula is C14H17F3N2O5. The van der Waals surface area contributed by atoms with Crippen LogP contribution in [0.2, 0.25) is 0 Å². The van der Waals surface area contributed by atoms with Crippen LogP contribution in [0.1, 0.15) is 12.5 Å². The molecule has 0 spiro atoms. The fourth-order valence-corrected chi connectivity index (χ4v) is 1.56. The standard InChI is InChI=1S/C14H17F3N2O5/c1-8-9(4-3-5-10(8)24-7-14(15,16)17)19-12(22)18-6-13(2,23)11(20)21/h3-5,23H,6-7H2,1-2H3,(H,20,21)(H2,18,19,22). The van der Waals surface area contributed by atoms with E-state index in [4.69, 9.17) is 5.11 Å². The fourth-order valence-electron chi connectivity index (χ4n) is 1.56. The van der Waals surface area contributed by atoms with Gasteiger partial charge in [-0.25, -0.2) is 9.59 Å². The van der Waals surface area contributed by atoms with Gasteiger partial charge in [-0.2, -0.15) is 13.2 Å². The summed E-state index contributed by atoms with van der Waals surface area (Å²) in [6.45, 7) is 0.434. The van der Waals surface area contributed by atoms with Gasteiger partial charge in [-0.15, -0.1) is 0 Å². The summed E-state index contributed by atoms with van der Waals surface area (Å²) in [4.78, 5) is 22.4. The molecule has 4 N–H and O–H groups in total. The van der Waals surface area contributed by atoms with Crippen molar-refractivity contribution in [2.24, 2.45) is 0 Å². The molecule has 0 aromatic heterocycles. The van der Waals surface area contributed by atoms with Crippen LogP contribution in [0.5, 0.6) is 5.75 Å². The molecule has 0 aliphatic rings. The minimum atomic E-state index is -4.49. The van der Waals surface area contributed by atoms with Gasteiger partial charge in [-0.1, -0.05) is 6.07 Å². The molecule has 1 aromatic carbocycles. The van der Waals surface area contributed by atoms with E-state index < -0.39 is 36.9 Å². The van der Waals surface area contributed by atoms with Gasteiger partial charge in [0.15, 0.2) is 12.2 Å². The summed E-state index contributed by atoms with van der Waals surface area (Å²) in [7, 11) is 0. The van der Waals surface area contributed by atoms with Crippen LogP contribution in [0, 0.1) is 6.92 Å². The molecule has 1 unspecified atom stereocenters. The highest BCUT2D eigenvalue weighted by molar-refractivity contribution is 5.91. The van der Waals surface area contributed by atoms with Gasteiger partial charge in [0.05, 0.1) is 6.54 Å². The van der Waals surface area contributed by atoms with E-state index in [2.05, 4.69) is 15.4 Å². The van der Waals surface area contributed by atoms with E-state index in [-0.39, 0.29) is 17.0 Å². The third-order valence-corrected chi connectivity index (χ3v) is 2.98. The molecule has 7 nitrogen and oxygen atoms in total. The minimum Gasteiger partial charge on any atom is -0.484 e. The third kappa shape index (κ3) is 5.95. The van der Waals surface area contributed by atoms with Crippen molar-refractivity contribution in [3.05, 3.63) is 23.8 Å². The maximum Gasteiger partial charge on any atom is 0.422 e. The van der Waals surface area contributed by atoms with E-state index in [1.54, 1.807) is 0 Å². The number of carbonyl (C=O) groups excluding carboxylic acids is 1. The highest BCUT2D eigenvalue weighted by Gasteiger charge is 2.30. The Morgan fingerprint density at radius 2 is 1.92 bits per heavy atom. The van der Waals surface area contributed by atoms with E-state index in [0.717, 1.165) is 6.92 Å². The topological polar surface area (TPSA) is 108 Å². The number of ether oxygens (including phenoxy) is 1. The van der Waals surface area contributed by atoms with Crippen molar-refractivity contribution in [2.45, 2.75) is 25.6 Å². The molecule has 0 fully saturated rings. The number of anilines is 1. The van der Waals surface area contributed by atoms with Gasteiger partial charge in [-0.05, 0) is 26.0 Å². The number of carboxylic acids is 1.